The highest BCUT2D eigenvalue weighted by Crippen LogP contribution is 2.42. The quantitative estimate of drug-likeness (QED) is 0.368. The second kappa shape index (κ2) is 11.3. The number of fused-ring (bicyclic) bond motifs is 2. The van der Waals surface area contributed by atoms with Crippen molar-refractivity contribution in [3.63, 3.8) is 0 Å². The molecule has 0 radical (unpaired) electrons. The van der Waals surface area contributed by atoms with Crippen LogP contribution in [0.25, 0.3) is 11.2 Å². The molecule has 5 rings (SSSR count). The highest BCUT2D eigenvalue weighted by molar-refractivity contribution is 9.10. The summed E-state index contributed by atoms with van der Waals surface area (Å²) >= 11 is 5.01. The van der Waals surface area contributed by atoms with E-state index in [0.717, 1.165) is 22.2 Å². The summed E-state index contributed by atoms with van der Waals surface area (Å²) in [6.07, 6.45) is 2.66. The lowest BCUT2D eigenvalue weighted by Gasteiger charge is -2.34. The van der Waals surface area contributed by atoms with Crippen molar-refractivity contribution in [2.24, 2.45) is 5.92 Å². The molecule has 3 N–H and O–H groups in total. The minimum atomic E-state index is -0.668. The van der Waals surface area contributed by atoms with E-state index < -0.39 is 17.7 Å². The molecule has 1 fully saturated rings. The van der Waals surface area contributed by atoms with E-state index in [1.807, 2.05) is 16.7 Å². The van der Waals surface area contributed by atoms with Crippen molar-refractivity contribution in [1.82, 2.24) is 29.7 Å². The van der Waals surface area contributed by atoms with E-state index in [2.05, 4.69) is 31.2 Å². The molecule has 0 spiro atoms. The molecule has 2 aliphatic heterocycles. The Morgan fingerprint density at radius 3 is 2.67 bits per heavy atom. The molecule has 2 aromatic heterocycles. The van der Waals surface area contributed by atoms with Crippen LogP contribution in [0.15, 0.2) is 33.0 Å². The molecule has 40 heavy (non-hydrogen) atoms. The largest absolute Gasteiger partial charge is 0.454 e. The third kappa shape index (κ3) is 6.38. The molecule has 1 saturated heterocycles. The SMILES string of the molecule is C[C@@H](NC(=O)OC(C)(C)C)C(=O)N1CCC(Cn2cnc(=N)c3[nH]c(Sc4cc5c(cc4Br)OCO5)nc32)CC1. The number of alkyl carbamates (subject to hydrolysis) is 1. The Morgan fingerprint density at radius 2 is 1.98 bits per heavy atom. The number of rotatable bonds is 6. The van der Waals surface area contributed by atoms with Crippen molar-refractivity contribution in [2.45, 2.75) is 68.8 Å². The molecular formula is C26H32BrN7O5S. The van der Waals surface area contributed by atoms with Crippen LogP contribution in [0.5, 0.6) is 11.5 Å². The summed E-state index contributed by atoms with van der Waals surface area (Å²) in [5.74, 6) is 1.56. The van der Waals surface area contributed by atoms with Crippen molar-refractivity contribution in [3.8, 4) is 11.5 Å². The number of halogens is 1. The number of likely N-dealkylation sites (tertiary alicyclic amines) is 1. The molecule has 0 bridgehead atoms. The number of hydrogen-bond donors (Lipinski definition) is 3. The number of carbonyl (C=O) groups excluding carboxylic acids is 2. The molecule has 1 atom stereocenters. The van der Waals surface area contributed by atoms with E-state index >= 15 is 0 Å². The lowest BCUT2D eigenvalue weighted by molar-refractivity contribution is -0.134. The zero-order chi connectivity index (χ0) is 28.6. The van der Waals surface area contributed by atoms with Crippen LogP contribution in [0.3, 0.4) is 0 Å². The summed E-state index contributed by atoms with van der Waals surface area (Å²) in [7, 11) is 0. The first-order chi connectivity index (χ1) is 19.0. The Kier molecular flexibility index (Phi) is 8.00. The number of ether oxygens (including phenoxy) is 3. The maximum atomic E-state index is 12.9. The second-order valence-corrected chi connectivity index (χ2v) is 12.7. The van der Waals surface area contributed by atoms with E-state index in [4.69, 9.17) is 24.6 Å². The van der Waals surface area contributed by atoms with Gasteiger partial charge in [-0.05, 0) is 74.5 Å². The minimum Gasteiger partial charge on any atom is -0.454 e. The fourth-order valence-corrected chi connectivity index (χ4v) is 6.04. The second-order valence-electron chi connectivity index (χ2n) is 10.9. The van der Waals surface area contributed by atoms with Crippen molar-refractivity contribution < 1.29 is 23.8 Å². The van der Waals surface area contributed by atoms with Gasteiger partial charge in [0.15, 0.2) is 27.8 Å². The number of hydrogen-bond acceptors (Lipinski definition) is 9. The molecule has 3 aromatic rings. The van der Waals surface area contributed by atoms with Gasteiger partial charge >= 0.3 is 6.09 Å². The highest BCUT2D eigenvalue weighted by Gasteiger charge is 2.29. The molecule has 2 aliphatic rings. The van der Waals surface area contributed by atoms with Crippen LogP contribution in [0.2, 0.25) is 0 Å². The molecule has 1 aromatic carbocycles. The zero-order valence-corrected chi connectivity index (χ0v) is 25.1. The first kappa shape index (κ1) is 28.3. The Balaban J connectivity index is 1.22. The number of aromatic amines is 1. The number of piperidine rings is 1. The van der Waals surface area contributed by atoms with Crippen LogP contribution in [-0.4, -0.2) is 67.9 Å². The van der Waals surface area contributed by atoms with E-state index in [1.54, 1.807) is 38.9 Å². The van der Waals surface area contributed by atoms with Crippen LogP contribution in [0.1, 0.15) is 40.5 Å². The number of aromatic nitrogens is 4. The van der Waals surface area contributed by atoms with Gasteiger partial charge in [-0.15, -0.1) is 0 Å². The standard InChI is InChI=1S/C26H32BrN7O5S/c1-14(30-25(36)39-26(2,3)4)23(35)33-7-5-15(6-8-33)11-34-12-29-21(28)20-22(34)32-24(31-20)40-19-10-18-17(9-16(19)27)37-13-38-18/h9-10,12,14-15,28H,5-8,11,13H2,1-4H3,(H,30,36)(H,31,32)/t14-/m1/s1. The van der Waals surface area contributed by atoms with Crippen LogP contribution < -0.4 is 20.3 Å². The summed E-state index contributed by atoms with van der Waals surface area (Å²) in [5.41, 5.74) is 0.726. The number of nitrogens with zero attached hydrogens (tertiary/aromatic N) is 4. The number of H-pyrrole nitrogens is 1. The number of imidazole rings is 1. The normalized spacial score (nSPS) is 16.3. The number of nitrogens with one attached hydrogen (secondary N) is 3. The summed E-state index contributed by atoms with van der Waals surface area (Å²) in [6, 6.07) is 3.10. The van der Waals surface area contributed by atoms with Gasteiger partial charge in [0.05, 0.1) is 6.33 Å². The molecule has 0 unspecified atom stereocenters. The lowest BCUT2D eigenvalue weighted by atomic mass is 9.96. The van der Waals surface area contributed by atoms with Gasteiger partial charge in [-0.2, -0.15) is 0 Å². The first-order valence-corrected chi connectivity index (χ1v) is 14.6. The molecule has 0 saturated carbocycles. The van der Waals surface area contributed by atoms with E-state index in [-0.39, 0.29) is 18.2 Å². The molecule has 2 amide bonds. The van der Waals surface area contributed by atoms with Gasteiger partial charge in [0, 0.05) is 29.0 Å². The molecule has 214 valence electrons. The van der Waals surface area contributed by atoms with Crippen molar-refractivity contribution >= 4 is 50.9 Å². The van der Waals surface area contributed by atoms with Crippen LogP contribution in [-0.2, 0) is 16.1 Å². The van der Waals surface area contributed by atoms with Gasteiger partial charge in [0.1, 0.15) is 17.2 Å². The molecule has 4 heterocycles. The molecular weight excluding hydrogens is 602 g/mol. The third-order valence-electron chi connectivity index (χ3n) is 6.62. The average molecular weight is 635 g/mol. The van der Waals surface area contributed by atoms with E-state index in [9.17, 15) is 9.59 Å². The number of benzene rings is 1. The maximum Gasteiger partial charge on any atom is 0.408 e. The highest BCUT2D eigenvalue weighted by atomic mass is 79.9. The van der Waals surface area contributed by atoms with Gasteiger partial charge in [-0.1, -0.05) is 11.8 Å². The fraction of sp³-hybridized carbons (Fsp3) is 0.500. The lowest BCUT2D eigenvalue weighted by Crippen LogP contribution is -2.50. The van der Waals surface area contributed by atoms with Gasteiger partial charge in [0.25, 0.3) is 0 Å². The average Bonchev–Trinajstić information content (AvgIpc) is 3.52. The van der Waals surface area contributed by atoms with Crippen LogP contribution in [0.4, 0.5) is 4.79 Å². The van der Waals surface area contributed by atoms with Crippen LogP contribution >= 0.6 is 27.7 Å². The monoisotopic (exact) mass is 633 g/mol. The van der Waals surface area contributed by atoms with Gasteiger partial charge in [0.2, 0.25) is 12.7 Å². The number of carbonyl (C=O) groups is 2. The summed E-state index contributed by atoms with van der Waals surface area (Å²) in [6.45, 7) is 9.07. The van der Waals surface area contributed by atoms with Crippen molar-refractivity contribution in [2.75, 3.05) is 19.9 Å². The minimum absolute atomic E-state index is 0.122. The maximum absolute atomic E-state index is 12.9. The number of amides is 2. The Morgan fingerprint density at radius 1 is 1.27 bits per heavy atom. The predicted octanol–water partition coefficient (Wildman–Crippen LogP) is 4.03. The molecule has 14 heteroatoms. The summed E-state index contributed by atoms with van der Waals surface area (Å²) < 4.78 is 19.0. The first-order valence-electron chi connectivity index (χ1n) is 13.0. The fourth-order valence-electron chi connectivity index (χ4n) is 4.66. The molecule has 0 aliphatic carbocycles. The Hall–Kier alpha value is -3.26. The zero-order valence-electron chi connectivity index (χ0n) is 22.7. The van der Waals surface area contributed by atoms with Crippen LogP contribution in [0, 0.1) is 11.3 Å². The van der Waals surface area contributed by atoms with Gasteiger partial charge in [-0.3, -0.25) is 10.2 Å². The Labute approximate surface area is 243 Å². The van der Waals surface area contributed by atoms with E-state index in [1.165, 1.54) is 11.8 Å². The molecule has 12 nitrogen and oxygen atoms in total. The Bertz CT molecular complexity index is 1490. The predicted molar refractivity (Wildman–Crippen MR) is 150 cm³/mol. The topological polar surface area (TPSA) is 147 Å². The summed E-state index contributed by atoms with van der Waals surface area (Å²) in [4.78, 5) is 39.9. The van der Waals surface area contributed by atoms with Crippen molar-refractivity contribution in [3.05, 3.63) is 28.4 Å². The van der Waals surface area contributed by atoms with E-state index in [0.29, 0.717) is 53.4 Å². The summed E-state index contributed by atoms with van der Waals surface area (Å²) in [5, 5.41) is 11.6. The third-order valence-corrected chi connectivity index (χ3v) is 8.48. The van der Waals surface area contributed by atoms with Gasteiger partial charge in [-0.25, -0.2) is 14.8 Å². The van der Waals surface area contributed by atoms with Crippen molar-refractivity contribution in [1.29, 1.82) is 5.41 Å². The van der Waals surface area contributed by atoms with Gasteiger partial charge < -0.3 is 34.0 Å². The smallest absolute Gasteiger partial charge is 0.408 e.